The second kappa shape index (κ2) is 7.54. The van der Waals surface area contributed by atoms with E-state index in [1.54, 1.807) is 18.2 Å². The van der Waals surface area contributed by atoms with Crippen molar-refractivity contribution in [2.45, 2.75) is 39.0 Å². The van der Waals surface area contributed by atoms with Gasteiger partial charge in [-0.1, -0.05) is 50.5 Å². The molecule has 0 bridgehead atoms. The number of unbranched alkanes of at least 4 members (excludes halogenated alkanes) is 4. The molecule has 0 aliphatic carbocycles. The third-order valence-corrected chi connectivity index (χ3v) is 2.81. The Balaban J connectivity index is 2.64. The second-order valence-electron chi connectivity index (χ2n) is 4.30. The molecule has 0 saturated heterocycles. The van der Waals surface area contributed by atoms with Gasteiger partial charge in [0, 0.05) is 0 Å². The summed E-state index contributed by atoms with van der Waals surface area (Å²) in [6.07, 6.45) is 9.44. The van der Waals surface area contributed by atoms with E-state index in [9.17, 15) is 9.90 Å². The van der Waals surface area contributed by atoms with Crippen molar-refractivity contribution in [1.29, 1.82) is 0 Å². The molecule has 2 N–H and O–H groups in total. The number of benzene rings is 1. The van der Waals surface area contributed by atoms with Gasteiger partial charge < -0.3 is 10.2 Å². The topological polar surface area (TPSA) is 57.5 Å². The first-order valence-corrected chi connectivity index (χ1v) is 6.38. The summed E-state index contributed by atoms with van der Waals surface area (Å²) in [6.45, 7) is 2.17. The van der Waals surface area contributed by atoms with Crippen molar-refractivity contribution in [1.82, 2.24) is 0 Å². The Labute approximate surface area is 108 Å². The maximum absolute atomic E-state index is 11.0. The molecule has 0 radical (unpaired) electrons. The van der Waals surface area contributed by atoms with Crippen LogP contribution in [0.4, 0.5) is 0 Å². The maximum atomic E-state index is 11.0. The fourth-order valence-corrected chi connectivity index (χ4v) is 1.83. The Morgan fingerprint density at radius 1 is 1.28 bits per heavy atom. The van der Waals surface area contributed by atoms with Gasteiger partial charge >= 0.3 is 5.97 Å². The predicted octanol–water partition coefficient (Wildman–Crippen LogP) is 4.07. The van der Waals surface area contributed by atoms with Crippen LogP contribution >= 0.6 is 0 Å². The van der Waals surface area contributed by atoms with E-state index in [1.165, 1.54) is 25.3 Å². The van der Waals surface area contributed by atoms with E-state index in [-0.39, 0.29) is 11.3 Å². The minimum atomic E-state index is -1.10. The van der Waals surface area contributed by atoms with Gasteiger partial charge in [0.1, 0.15) is 11.3 Å². The summed E-state index contributed by atoms with van der Waals surface area (Å²) in [5.41, 5.74) is 0.528. The standard InChI is InChI=1S/C15H20O3/c1-2-3-4-5-6-7-9-12-10-8-11-13(16)14(12)15(17)18/h7-11,16H,2-6H2,1H3,(H,17,18)/b9-7+. The number of allylic oxidation sites excluding steroid dienone is 1. The van der Waals surface area contributed by atoms with E-state index in [2.05, 4.69) is 6.92 Å². The summed E-state index contributed by atoms with van der Waals surface area (Å²) in [4.78, 5) is 11.0. The molecule has 3 heteroatoms. The molecule has 0 saturated carbocycles. The molecule has 18 heavy (non-hydrogen) atoms. The molecule has 0 atom stereocenters. The fraction of sp³-hybridized carbons (Fsp3) is 0.400. The maximum Gasteiger partial charge on any atom is 0.340 e. The Morgan fingerprint density at radius 3 is 2.72 bits per heavy atom. The third-order valence-electron chi connectivity index (χ3n) is 2.81. The van der Waals surface area contributed by atoms with Crippen LogP contribution in [0.1, 0.15) is 54.9 Å². The number of carboxylic acid groups (broad SMARTS) is 1. The minimum absolute atomic E-state index is 0.0256. The fourth-order valence-electron chi connectivity index (χ4n) is 1.83. The number of rotatable bonds is 7. The third kappa shape index (κ3) is 4.24. The second-order valence-corrected chi connectivity index (χ2v) is 4.30. The number of carboxylic acids is 1. The highest BCUT2D eigenvalue weighted by Crippen LogP contribution is 2.22. The average molecular weight is 248 g/mol. The summed E-state index contributed by atoms with van der Waals surface area (Å²) in [5.74, 6) is -1.28. The van der Waals surface area contributed by atoms with Crippen molar-refractivity contribution in [3.05, 3.63) is 35.4 Å². The molecule has 0 spiro atoms. The van der Waals surface area contributed by atoms with Crippen molar-refractivity contribution < 1.29 is 15.0 Å². The Kier molecular flexibility index (Phi) is 5.98. The van der Waals surface area contributed by atoms with Crippen molar-refractivity contribution >= 4 is 12.0 Å². The van der Waals surface area contributed by atoms with Crippen molar-refractivity contribution in [3.8, 4) is 5.75 Å². The van der Waals surface area contributed by atoms with Crippen molar-refractivity contribution in [3.63, 3.8) is 0 Å². The molecule has 98 valence electrons. The lowest BCUT2D eigenvalue weighted by molar-refractivity contribution is 0.0693. The average Bonchev–Trinajstić information content (AvgIpc) is 2.33. The van der Waals surface area contributed by atoms with Crippen molar-refractivity contribution in [2.75, 3.05) is 0 Å². The summed E-state index contributed by atoms with van der Waals surface area (Å²) < 4.78 is 0. The van der Waals surface area contributed by atoms with Crippen LogP contribution in [0.15, 0.2) is 24.3 Å². The summed E-state index contributed by atoms with van der Waals surface area (Å²) in [7, 11) is 0. The molecule has 0 amide bonds. The lowest BCUT2D eigenvalue weighted by Gasteiger charge is -2.03. The molecule has 0 aliphatic rings. The Hall–Kier alpha value is -1.77. The molecule has 0 aromatic heterocycles. The zero-order valence-electron chi connectivity index (χ0n) is 10.7. The van der Waals surface area contributed by atoms with Gasteiger partial charge in [-0.25, -0.2) is 4.79 Å². The highest BCUT2D eigenvalue weighted by Gasteiger charge is 2.12. The smallest absolute Gasteiger partial charge is 0.340 e. The molecule has 3 nitrogen and oxygen atoms in total. The first-order chi connectivity index (χ1) is 8.66. The number of aromatic hydroxyl groups is 1. The van der Waals surface area contributed by atoms with Crippen LogP contribution in [-0.2, 0) is 0 Å². The Morgan fingerprint density at radius 2 is 2.06 bits per heavy atom. The minimum Gasteiger partial charge on any atom is -0.507 e. The lowest BCUT2D eigenvalue weighted by Crippen LogP contribution is -1.99. The van der Waals surface area contributed by atoms with Gasteiger partial charge in [-0.15, -0.1) is 0 Å². The van der Waals surface area contributed by atoms with Crippen LogP contribution in [0.3, 0.4) is 0 Å². The van der Waals surface area contributed by atoms with Gasteiger partial charge in [-0.05, 0) is 24.5 Å². The highest BCUT2D eigenvalue weighted by molar-refractivity contribution is 5.95. The molecular weight excluding hydrogens is 228 g/mol. The molecule has 1 rings (SSSR count). The van der Waals surface area contributed by atoms with Crippen molar-refractivity contribution in [2.24, 2.45) is 0 Å². The van der Waals surface area contributed by atoms with Crippen LogP contribution < -0.4 is 0 Å². The van der Waals surface area contributed by atoms with Gasteiger partial charge in [-0.3, -0.25) is 0 Å². The number of hydrogen-bond acceptors (Lipinski definition) is 2. The zero-order chi connectivity index (χ0) is 13.4. The van der Waals surface area contributed by atoms with E-state index in [0.29, 0.717) is 5.56 Å². The normalized spacial score (nSPS) is 10.9. The molecule has 0 heterocycles. The largest absolute Gasteiger partial charge is 0.507 e. The zero-order valence-corrected chi connectivity index (χ0v) is 10.7. The number of hydrogen-bond donors (Lipinski definition) is 2. The molecule has 0 unspecified atom stereocenters. The first kappa shape index (κ1) is 14.3. The van der Waals surface area contributed by atoms with Gasteiger partial charge in [0.05, 0.1) is 0 Å². The van der Waals surface area contributed by atoms with E-state index < -0.39 is 5.97 Å². The molecular formula is C15H20O3. The monoisotopic (exact) mass is 248 g/mol. The van der Waals surface area contributed by atoms with Crippen LogP contribution in [0.2, 0.25) is 0 Å². The quantitative estimate of drug-likeness (QED) is 0.715. The SMILES string of the molecule is CCCCCC/C=C/c1cccc(O)c1C(=O)O. The lowest BCUT2D eigenvalue weighted by atomic mass is 10.0. The Bertz CT molecular complexity index is 422. The van der Waals surface area contributed by atoms with Crippen LogP contribution in [0.5, 0.6) is 5.75 Å². The van der Waals surface area contributed by atoms with Gasteiger partial charge in [0.25, 0.3) is 0 Å². The summed E-state index contributed by atoms with van der Waals surface area (Å²) >= 11 is 0. The van der Waals surface area contributed by atoms with Gasteiger partial charge in [0.2, 0.25) is 0 Å². The van der Waals surface area contributed by atoms with E-state index in [0.717, 1.165) is 12.8 Å². The predicted molar refractivity (Wildman–Crippen MR) is 72.9 cm³/mol. The molecule has 0 aliphatic heterocycles. The number of phenols is 1. The van der Waals surface area contributed by atoms with E-state index in [4.69, 9.17) is 5.11 Å². The van der Waals surface area contributed by atoms with Gasteiger partial charge in [-0.2, -0.15) is 0 Å². The highest BCUT2D eigenvalue weighted by atomic mass is 16.4. The summed E-state index contributed by atoms with van der Waals surface area (Å²) in [6, 6.07) is 4.74. The van der Waals surface area contributed by atoms with E-state index in [1.807, 2.05) is 6.08 Å². The van der Waals surface area contributed by atoms with Gasteiger partial charge in [0.15, 0.2) is 0 Å². The first-order valence-electron chi connectivity index (χ1n) is 6.38. The van der Waals surface area contributed by atoms with Crippen LogP contribution in [-0.4, -0.2) is 16.2 Å². The molecule has 1 aromatic rings. The molecule has 0 fully saturated rings. The number of aromatic carboxylic acids is 1. The van der Waals surface area contributed by atoms with E-state index >= 15 is 0 Å². The molecule has 1 aromatic carbocycles. The van der Waals surface area contributed by atoms with Crippen LogP contribution in [0.25, 0.3) is 6.08 Å². The number of carbonyl (C=O) groups is 1. The summed E-state index contributed by atoms with van der Waals surface area (Å²) in [5, 5.41) is 18.5. The van der Waals surface area contributed by atoms with Crippen LogP contribution in [0, 0.1) is 0 Å².